The number of nitrogens with zero attached hydrogens (tertiary/aromatic N) is 1. The summed E-state index contributed by atoms with van der Waals surface area (Å²) in [4.78, 5) is 20.7. The summed E-state index contributed by atoms with van der Waals surface area (Å²) in [5, 5.41) is 10.4. The Hall–Kier alpha value is -2.24. The summed E-state index contributed by atoms with van der Waals surface area (Å²) < 4.78 is 18.2. The van der Waals surface area contributed by atoms with Gasteiger partial charge in [-0.3, -0.25) is 14.9 Å². The van der Waals surface area contributed by atoms with Crippen LogP contribution in [-0.4, -0.2) is 4.92 Å². The van der Waals surface area contributed by atoms with E-state index < -0.39 is 27.4 Å². The summed E-state index contributed by atoms with van der Waals surface area (Å²) in [6.45, 7) is 0. The first kappa shape index (κ1) is 9.32. The van der Waals surface area contributed by atoms with E-state index in [2.05, 4.69) is 0 Å². The standard InChI is InChI=1S/C9H4FNO4/c10-8-6(11(13)14)2-1-5-7(12)3-4-15-9(5)8/h1-4H. The molecule has 2 rings (SSSR count). The molecule has 1 aromatic carbocycles. The molecule has 0 radical (unpaired) electrons. The third-order valence-corrected chi connectivity index (χ3v) is 1.94. The second-order valence-corrected chi connectivity index (χ2v) is 2.82. The summed E-state index contributed by atoms with van der Waals surface area (Å²) in [7, 11) is 0. The molecule has 0 atom stereocenters. The monoisotopic (exact) mass is 209 g/mol. The van der Waals surface area contributed by atoms with Gasteiger partial charge in [0.15, 0.2) is 11.0 Å². The third kappa shape index (κ3) is 1.35. The fourth-order valence-electron chi connectivity index (χ4n) is 1.25. The average molecular weight is 209 g/mol. The smallest absolute Gasteiger partial charge is 0.308 e. The number of rotatable bonds is 1. The lowest BCUT2D eigenvalue weighted by atomic mass is 10.2. The molecule has 6 heteroatoms. The van der Waals surface area contributed by atoms with Crippen molar-refractivity contribution in [2.45, 2.75) is 0 Å². The van der Waals surface area contributed by atoms with Crippen LogP contribution < -0.4 is 5.43 Å². The number of hydrogen-bond acceptors (Lipinski definition) is 4. The van der Waals surface area contributed by atoms with E-state index >= 15 is 0 Å². The van der Waals surface area contributed by atoms with Crippen LogP contribution in [0.4, 0.5) is 10.1 Å². The molecule has 0 bridgehead atoms. The van der Waals surface area contributed by atoms with E-state index in [0.717, 1.165) is 18.4 Å². The fourth-order valence-corrected chi connectivity index (χ4v) is 1.25. The molecule has 0 saturated heterocycles. The van der Waals surface area contributed by atoms with E-state index in [1.165, 1.54) is 6.07 Å². The number of hydrogen-bond donors (Lipinski definition) is 0. The van der Waals surface area contributed by atoms with Gasteiger partial charge in [0.05, 0.1) is 16.6 Å². The van der Waals surface area contributed by atoms with Crippen LogP contribution in [0.1, 0.15) is 0 Å². The first-order valence-electron chi connectivity index (χ1n) is 3.95. The minimum Gasteiger partial charge on any atom is -0.461 e. The van der Waals surface area contributed by atoms with Crippen molar-refractivity contribution in [3.05, 3.63) is 50.6 Å². The van der Waals surface area contributed by atoms with Crippen molar-refractivity contribution in [1.29, 1.82) is 0 Å². The highest BCUT2D eigenvalue weighted by Crippen LogP contribution is 2.23. The Bertz CT molecular complexity index is 605. The number of halogens is 1. The maximum absolute atomic E-state index is 13.4. The van der Waals surface area contributed by atoms with Crippen LogP contribution in [0, 0.1) is 15.9 Å². The molecule has 0 saturated carbocycles. The van der Waals surface area contributed by atoms with Crippen molar-refractivity contribution in [3.63, 3.8) is 0 Å². The molecule has 76 valence electrons. The van der Waals surface area contributed by atoms with Crippen LogP contribution in [0.15, 0.2) is 33.7 Å². The van der Waals surface area contributed by atoms with Gasteiger partial charge in [-0.1, -0.05) is 0 Å². The largest absolute Gasteiger partial charge is 0.461 e. The molecule has 1 heterocycles. The van der Waals surface area contributed by atoms with Crippen molar-refractivity contribution in [1.82, 2.24) is 0 Å². The zero-order chi connectivity index (χ0) is 11.0. The molecule has 2 aromatic rings. The van der Waals surface area contributed by atoms with Crippen LogP contribution in [0.2, 0.25) is 0 Å². The predicted molar refractivity (Wildman–Crippen MR) is 49.1 cm³/mol. The van der Waals surface area contributed by atoms with E-state index in [4.69, 9.17) is 4.42 Å². The Balaban J connectivity index is 2.92. The van der Waals surface area contributed by atoms with Gasteiger partial charge in [-0.25, -0.2) is 0 Å². The number of benzene rings is 1. The number of fused-ring (bicyclic) bond motifs is 1. The van der Waals surface area contributed by atoms with Crippen molar-refractivity contribution >= 4 is 16.7 Å². The van der Waals surface area contributed by atoms with Gasteiger partial charge < -0.3 is 4.42 Å². The molecule has 0 aliphatic heterocycles. The zero-order valence-electron chi connectivity index (χ0n) is 7.27. The van der Waals surface area contributed by atoms with Crippen LogP contribution in [0.5, 0.6) is 0 Å². The summed E-state index contributed by atoms with van der Waals surface area (Å²) in [5.74, 6) is -1.13. The second-order valence-electron chi connectivity index (χ2n) is 2.82. The first-order chi connectivity index (χ1) is 7.11. The average Bonchev–Trinajstić information content (AvgIpc) is 2.19. The molecule has 0 amide bonds. The molecule has 0 aliphatic carbocycles. The molecule has 5 nitrogen and oxygen atoms in total. The molecule has 0 spiro atoms. The van der Waals surface area contributed by atoms with Crippen LogP contribution in [0.25, 0.3) is 11.0 Å². The minimum atomic E-state index is -1.13. The van der Waals surface area contributed by atoms with Crippen LogP contribution in [-0.2, 0) is 0 Å². The molecule has 1 aromatic heterocycles. The molecular formula is C9H4FNO4. The zero-order valence-corrected chi connectivity index (χ0v) is 7.27. The normalized spacial score (nSPS) is 10.5. The van der Waals surface area contributed by atoms with E-state index in [1.54, 1.807) is 0 Å². The van der Waals surface area contributed by atoms with E-state index in [9.17, 15) is 19.3 Å². The topological polar surface area (TPSA) is 73.3 Å². The summed E-state index contributed by atoms with van der Waals surface area (Å²) >= 11 is 0. The van der Waals surface area contributed by atoms with Crippen molar-refractivity contribution < 1.29 is 13.7 Å². The highest BCUT2D eigenvalue weighted by Gasteiger charge is 2.19. The Morgan fingerprint density at radius 3 is 2.73 bits per heavy atom. The highest BCUT2D eigenvalue weighted by molar-refractivity contribution is 5.79. The SMILES string of the molecule is O=c1ccoc2c(F)c([N+](=O)[O-])ccc12. The van der Waals surface area contributed by atoms with E-state index in [1.807, 2.05) is 0 Å². The molecule has 0 aliphatic rings. The first-order valence-corrected chi connectivity index (χ1v) is 3.95. The van der Waals surface area contributed by atoms with Crippen LogP contribution >= 0.6 is 0 Å². The Morgan fingerprint density at radius 1 is 1.33 bits per heavy atom. The lowest BCUT2D eigenvalue weighted by molar-refractivity contribution is -0.387. The fraction of sp³-hybridized carbons (Fsp3) is 0. The Labute approximate surface area is 81.9 Å². The van der Waals surface area contributed by atoms with Gasteiger partial charge in [0.2, 0.25) is 5.82 Å². The van der Waals surface area contributed by atoms with Crippen molar-refractivity contribution in [3.8, 4) is 0 Å². The van der Waals surface area contributed by atoms with E-state index in [0.29, 0.717) is 0 Å². The van der Waals surface area contributed by atoms with Gasteiger partial charge in [0, 0.05) is 12.1 Å². The van der Waals surface area contributed by atoms with Gasteiger partial charge in [-0.2, -0.15) is 4.39 Å². The van der Waals surface area contributed by atoms with Crippen molar-refractivity contribution in [2.24, 2.45) is 0 Å². The lowest BCUT2D eigenvalue weighted by Crippen LogP contribution is -2.01. The van der Waals surface area contributed by atoms with Gasteiger partial charge in [0.25, 0.3) is 0 Å². The van der Waals surface area contributed by atoms with E-state index in [-0.39, 0.29) is 5.39 Å². The maximum Gasteiger partial charge on any atom is 0.308 e. The lowest BCUT2D eigenvalue weighted by Gasteiger charge is -1.97. The van der Waals surface area contributed by atoms with Crippen LogP contribution in [0.3, 0.4) is 0 Å². The number of nitro benzene ring substituents is 1. The summed E-state index contributed by atoms with van der Waals surface area (Å²) in [5.41, 5.74) is -1.54. The predicted octanol–water partition coefficient (Wildman–Crippen LogP) is 1.84. The highest BCUT2D eigenvalue weighted by atomic mass is 19.1. The van der Waals surface area contributed by atoms with Crippen molar-refractivity contribution in [2.75, 3.05) is 0 Å². The molecule has 0 N–H and O–H groups in total. The quantitative estimate of drug-likeness (QED) is 0.530. The molecule has 0 unspecified atom stereocenters. The second kappa shape index (κ2) is 3.16. The van der Waals surface area contributed by atoms with Gasteiger partial charge in [-0.15, -0.1) is 0 Å². The van der Waals surface area contributed by atoms with Gasteiger partial charge >= 0.3 is 5.69 Å². The third-order valence-electron chi connectivity index (χ3n) is 1.94. The molecular weight excluding hydrogens is 205 g/mol. The van der Waals surface area contributed by atoms with Gasteiger partial charge in [-0.05, 0) is 6.07 Å². The van der Waals surface area contributed by atoms with Gasteiger partial charge in [0.1, 0.15) is 0 Å². The summed E-state index contributed by atoms with van der Waals surface area (Å²) in [6, 6.07) is 3.23. The minimum absolute atomic E-state index is 0.0133. The maximum atomic E-state index is 13.4. The molecule has 15 heavy (non-hydrogen) atoms. The summed E-state index contributed by atoms with van der Waals surface area (Å²) in [6.07, 6.45) is 0.997. The molecule has 0 fully saturated rings. The Morgan fingerprint density at radius 2 is 2.07 bits per heavy atom. The Kier molecular flexibility index (Phi) is 1.96. The number of nitro groups is 1.